The summed E-state index contributed by atoms with van der Waals surface area (Å²) in [5.74, 6) is 3.06. The van der Waals surface area contributed by atoms with Gasteiger partial charge in [-0.05, 0) is 103 Å². The summed E-state index contributed by atoms with van der Waals surface area (Å²) >= 11 is 0. The van der Waals surface area contributed by atoms with E-state index in [0.29, 0.717) is 78.6 Å². The highest BCUT2D eigenvalue weighted by Crippen LogP contribution is 2.50. The number of aromatic hydroxyl groups is 1. The number of aliphatic hydroxyl groups excluding tert-OH is 2. The highest BCUT2D eigenvalue weighted by Gasteiger charge is 2.49. The van der Waals surface area contributed by atoms with E-state index in [-0.39, 0.29) is 80.4 Å². The van der Waals surface area contributed by atoms with Crippen LogP contribution in [0, 0.1) is 23.7 Å². The maximum Gasteiger partial charge on any atom is 0.334 e. The number of ketones is 1. The molecule has 68 heavy (non-hydrogen) atoms. The molecule has 360 valence electrons. The summed E-state index contributed by atoms with van der Waals surface area (Å²) in [6.07, 6.45) is 9.81. The number of ether oxygens (including phenoxy) is 3. The first-order valence-electron chi connectivity index (χ1n) is 24.2. The second-order valence-electron chi connectivity index (χ2n) is 19.8. The Morgan fingerprint density at radius 3 is 2.53 bits per heavy atom. The second kappa shape index (κ2) is 21.0. The number of carbonyl (C=O) groups is 3. The van der Waals surface area contributed by atoms with E-state index < -0.39 is 59.0 Å². The van der Waals surface area contributed by atoms with Crippen molar-refractivity contribution in [3.05, 3.63) is 123 Å². The molecule has 3 aromatic carbocycles. The average molecular weight is 928 g/mol. The number of nitrogens with one attached hydrogen (secondary N) is 1. The normalized spacial score (nSPS) is 28.7. The Balaban J connectivity index is 1.34. The maximum absolute atomic E-state index is 15.2. The lowest BCUT2D eigenvalue weighted by Gasteiger charge is -2.45. The van der Waals surface area contributed by atoms with Crippen LogP contribution in [0.5, 0.6) is 11.5 Å². The second-order valence-corrected chi connectivity index (χ2v) is 19.8. The van der Waals surface area contributed by atoms with Crippen molar-refractivity contribution in [3.8, 4) is 23.3 Å². The van der Waals surface area contributed by atoms with Crippen LogP contribution in [0.3, 0.4) is 0 Å². The van der Waals surface area contributed by atoms with Crippen LogP contribution in [0.4, 0.5) is 5.69 Å². The Morgan fingerprint density at radius 2 is 1.78 bits per heavy atom. The molecule has 0 unspecified atom stereocenters. The Morgan fingerprint density at radius 1 is 0.985 bits per heavy atom. The van der Waals surface area contributed by atoms with Crippen molar-refractivity contribution in [2.45, 2.75) is 139 Å². The lowest BCUT2D eigenvalue weighted by molar-refractivity contribution is -0.176. The van der Waals surface area contributed by atoms with Crippen LogP contribution in [0.2, 0.25) is 0 Å². The Labute approximate surface area is 399 Å². The zero-order valence-corrected chi connectivity index (χ0v) is 39.3. The molecule has 0 amide bonds. The predicted octanol–water partition coefficient (Wildman–Crippen LogP) is 7.32. The van der Waals surface area contributed by atoms with Gasteiger partial charge in [-0.1, -0.05) is 79.8 Å². The van der Waals surface area contributed by atoms with E-state index >= 15 is 4.79 Å². The molecular formula is C56H65NO11. The number of fused-ring (bicyclic) bond motifs is 8. The van der Waals surface area contributed by atoms with Crippen molar-refractivity contribution in [2.24, 2.45) is 11.8 Å². The van der Waals surface area contributed by atoms with Gasteiger partial charge in [-0.3, -0.25) is 9.59 Å². The standard InChI is InChI=1S/C56H65NO11/c1-4-17-56(65)44-15-16-48(60)41(26-44)21-34-9-8-10-35(20-34)24-46(59)28-43-25-38(40-22-36(32-58)23-45(27-40)57-33-55(2,64)18-19-66-3)13-14-39-31-50(61)68-53-47(39)29-42(30-49(56)67-54(43)63)52(62)51(53)37-11-6-5-7-12-37/h5-11,20,22-23,27-29,37-39,41,44,46,49,57-59,62,64-65H,4,12,15-19,21,24-26,30-33H2,1-3H3/b43-28-/t37-,38+,39+,41-,44-,46+,49-,55+,56+/m1/s1. The average Bonchev–Trinajstić information content (AvgIpc) is 3.32. The Kier molecular flexibility index (Phi) is 15.1. The molecule has 0 spiro atoms. The van der Waals surface area contributed by atoms with Crippen LogP contribution in [-0.4, -0.2) is 86.9 Å². The van der Waals surface area contributed by atoms with Gasteiger partial charge in [-0.2, -0.15) is 0 Å². The number of methoxy groups -OCH3 is 1. The van der Waals surface area contributed by atoms with Crippen molar-refractivity contribution in [3.63, 3.8) is 0 Å². The summed E-state index contributed by atoms with van der Waals surface area (Å²) in [4.78, 5) is 42.5. The highest BCUT2D eigenvalue weighted by atomic mass is 16.6. The fourth-order valence-corrected chi connectivity index (χ4v) is 10.9. The van der Waals surface area contributed by atoms with E-state index in [1.165, 1.54) is 6.08 Å². The van der Waals surface area contributed by atoms with E-state index in [2.05, 4.69) is 17.2 Å². The number of hydrogen-bond acceptors (Lipinski definition) is 12. The lowest BCUT2D eigenvalue weighted by Crippen LogP contribution is -2.54. The van der Waals surface area contributed by atoms with Crippen molar-refractivity contribution < 1.29 is 54.1 Å². The molecule has 2 aliphatic carbocycles. The molecule has 0 saturated heterocycles. The summed E-state index contributed by atoms with van der Waals surface area (Å²) in [7, 11) is 1.57. The van der Waals surface area contributed by atoms with Gasteiger partial charge in [0.05, 0.1) is 30.7 Å². The zero-order valence-electron chi connectivity index (χ0n) is 39.3. The van der Waals surface area contributed by atoms with Gasteiger partial charge in [-0.25, -0.2) is 4.79 Å². The van der Waals surface area contributed by atoms with Gasteiger partial charge < -0.3 is 45.1 Å². The minimum absolute atomic E-state index is 0.0704. The van der Waals surface area contributed by atoms with Gasteiger partial charge in [-0.15, -0.1) is 0 Å². The Hall–Kier alpha value is -5.55. The lowest BCUT2D eigenvalue weighted by atomic mass is 9.66. The molecule has 8 rings (SSSR count). The van der Waals surface area contributed by atoms with E-state index in [1.807, 2.05) is 61.6 Å². The molecule has 3 aromatic rings. The van der Waals surface area contributed by atoms with Gasteiger partial charge >= 0.3 is 11.9 Å². The maximum atomic E-state index is 15.2. The molecule has 9 atom stereocenters. The summed E-state index contributed by atoms with van der Waals surface area (Å²) in [5, 5.41) is 62.7. The molecule has 5 aliphatic rings. The summed E-state index contributed by atoms with van der Waals surface area (Å²) in [6, 6.07) is 15.0. The largest absolute Gasteiger partial charge is 0.507 e. The number of anilines is 1. The fraction of sp³-hybridized carbons (Fsp3) is 0.482. The van der Waals surface area contributed by atoms with Crippen LogP contribution in [0.15, 0.2) is 84.5 Å². The first kappa shape index (κ1) is 48.9. The first-order chi connectivity index (χ1) is 32.7. The van der Waals surface area contributed by atoms with Gasteiger partial charge in [0, 0.05) is 86.1 Å². The van der Waals surface area contributed by atoms with Crippen LogP contribution < -0.4 is 10.1 Å². The van der Waals surface area contributed by atoms with Crippen LogP contribution >= 0.6 is 0 Å². The monoisotopic (exact) mass is 927 g/mol. The summed E-state index contributed by atoms with van der Waals surface area (Å²) < 4.78 is 17.9. The summed E-state index contributed by atoms with van der Waals surface area (Å²) in [6.45, 7) is 3.85. The molecule has 0 aromatic heterocycles. The smallest absolute Gasteiger partial charge is 0.334 e. The predicted molar refractivity (Wildman–Crippen MR) is 257 cm³/mol. The topological polar surface area (TPSA) is 192 Å². The number of rotatable bonds is 11. The number of carbonyl (C=O) groups excluding carboxylic acids is 3. The van der Waals surface area contributed by atoms with Crippen LogP contribution in [-0.2, 0) is 49.7 Å². The number of esters is 2. The van der Waals surface area contributed by atoms with Gasteiger partial charge in [0.15, 0.2) is 0 Å². The van der Waals surface area contributed by atoms with Gasteiger partial charge in [0.25, 0.3) is 0 Å². The number of hydrogen-bond donors (Lipinski definition) is 6. The number of phenols is 1. The molecule has 1 fully saturated rings. The minimum atomic E-state index is -1.66. The van der Waals surface area contributed by atoms with E-state index in [1.54, 1.807) is 32.2 Å². The third-order valence-corrected chi connectivity index (χ3v) is 14.6. The fourth-order valence-electron chi connectivity index (χ4n) is 10.9. The van der Waals surface area contributed by atoms with Crippen molar-refractivity contribution in [1.29, 1.82) is 0 Å². The third kappa shape index (κ3) is 11.0. The SMILES string of the molecule is CCC[C@]1(O)[C@@H]2CCC(=O)[C@H](Cc3cccc(c3)C[C@H](O)/C=C3/C[C@@H](c4cc(CO)cc(NC[C@@](C)(O)CCOC)c4)C#C[C@H]4CC(=O)Oc5c4cc(c(O)c5[C@@H]4C=CC=CC4)C[C@H]1OC3=O)C2. The van der Waals surface area contributed by atoms with Gasteiger partial charge in [0.1, 0.15) is 29.0 Å². The molecular weight excluding hydrogens is 863 g/mol. The summed E-state index contributed by atoms with van der Waals surface area (Å²) in [5.41, 5.74) is 2.22. The van der Waals surface area contributed by atoms with E-state index in [0.717, 1.165) is 11.1 Å². The molecule has 3 aliphatic heterocycles. The zero-order chi connectivity index (χ0) is 48.2. The minimum Gasteiger partial charge on any atom is -0.507 e. The quantitative estimate of drug-likeness (QED) is 0.0639. The molecule has 1 saturated carbocycles. The number of aliphatic hydroxyl groups is 4. The molecule has 0 radical (unpaired) electrons. The molecule has 6 N–H and O–H groups in total. The van der Waals surface area contributed by atoms with Crippen molar-refractivity contribution in [1.82, 2.24) is 0 Å². The number of benzene rings is 3. The number of phenolic OH excluding ortho intramolecular Hbond substituents is 1. The van der Waals surface area contributed by atoms with Crippen molar-refractivity contribution in [2.75, 3.05) is 25.6 Å². The Bertz CT molecular complexity index is 2550. The molecule has 12 nitrogen and oxygen atoms in total. The highest BCUT2D eigenvalue weighted by molar-refractivity contribution is 5.89. The third-order valence-electron chi connectivity index (χ3n) is 14.6. The van der Waals surface area contributed by atoms with E-state index in [9.17, 15) is 35.1 Å². The van der Waals surface area contributed by atoms with E-state index in [4.69, 9.17) is 14.2 Å². The van der Waals surface area contributed by atoms with Crippen LogP contribution in [0.25, 0.3) is 0 Å². The molecule has 12 heteroatoms. The van der Waals surface area contributed by atoms with Gasteiger partial charge in [0.2, 0.25) is 0 Å². The number of Topliss-reactive ketones (excluding diaryl/α,β-unsaturated/α-hetero) is 1. The molecule has 8 bridgehead atoms. The molecule has 3 heterocycles. The number of allylic oxidation sites excluding steroid dienone is 4. The van der Waals surface area contributed by atoms with Crippen molar-refractivity contribution >= 4 is 23.4 Å². The van der Waals surface area contributed by atoms with Crippen LogP contribution in [0.1, 0.15) is 128 Å². The first-order valence-corrected chi connectivity index (χ1v) is 24.2.